The van der Waals surface area contributed by atoms with Crippen molar-refractivity contribution < 1.29 is 22.4 Å². The predicted molar refractivity (Wildman–Crippen MR) is 97.6 cm³/mol. The second-order valence-corrected chi connectivity index (χ2v) is 7.09. The van der Waals surface area contributed by atoms with Gasteiger partial charge in [-0.2, -0.15) is 13.2 Å². The second-order valence-electron chi connectivity index (χ2n) is 5.95. The maximum Gasteiger partial charge on any atom is 0.446 e. The number of benzene rings is 2. The molecule has 0 unspecified atom stereocenters. The maximum absolute atomic E-state index is 13.0. The predicted octanol–water partition coefficient (Wildman–Crippen LogP) is 4.79. The number of carbonyl (C=O) groups excluding carboxylic acids is 1. The van der Waals surface area contributed by atoms with Crippen LogP contribution in [0.3, 0.4) is 0 Å². The van der Waals surface area contributed by atoms with E-state index in [1.165, 1.54) is 36.4 Å². The van der Waals surface area contributed by atoms with Gasteiger partial charge in [0.2, 0.25) is 0 Å². The van der Waals surface area contributed by atoms with Crippen LogP contribution in [0.1, 0.15) is 0 Å². The normalized spacial score (nSPS) is 15.0. The van der Waals surface area contributed by atoms with E-state index < -0.39 is 5.51 Å². The number of nitrogens with one attached hydrogen (secondary N) is 1. The van der Waals surface area contributed by atoms with Crippen molar-refractivity contribution in [1.29, 1.82) is 0 Å². The number of hydrogen-bond acceptors (Lipinski definition) is 3. The Morgan fingerprint density at radius 3 is 2.07 bits per heavy atom. The van der Waals surface area contributed by atoms with Crippen LogP contribution in [0.2, 0.25) is 0 Å². The number of anilines is 2. The Morgan fingerprint density at radius 1 is 0.926 bits per heavy atom. The summed E-state index contributed by atoms with van der Waals surface area (Å²) >= 11 is -0.197. The number of urea groups is 1. The number of halogens is 4. The first-order valence-electron chi connectivity index (χ1n) is 8.22. The third-order valence-corrected chi connectivity index (χ3v) is 4.84. The average Bonchev–Trinajstić information content (AvgIpc) is 2.63. The summed E-state index contributed by atoms with van der Waals surface area (Å²) in [4.78, 5) is 16.1. The first-order valence-corrected chi connectivity index (χ1v) is 9.04. The van der Waals surface area contributed by atoms with Gasteiger partial charge < -0.3 is 15.1 Å². The van der Waals surface area contributed by atoms with Crippen molar-refractivity contribution in [3.05, 3.63) is 54.3 Å². The van der Waals surface area contributed by atoms with E-state index in [1.807, 2.05) is 0 Å². The minimum atomic E-state index is -4.34. The van der Waals surface area contributed by atoms with Gasteiger partial charge in [0.15, 0.2) is 0 Å². The Kier molecular flexibility index (Phi) is 5.79. The van der Waals surface area contributed by atoms with Crippen LogP contribution in [0.15, 0.2) is 53.4 Å². The molecule has 3 rings (SSSR count). The molecule has 1 aliphatic heterocycles. The summed E-state index contributed by atoms with van der Waals surface area (Å²) < 4.78 is 50.0. The lowest BCUT2D eigenvalue weighted by atomic mass is 10.2. The second kappa shape index (κ2) is 8.08. The van der Waals surface area contributed by atoms with Gasteiger partial charge >= 0.3 is 11.5 Å². The van der Waals surface area contributed by atoms with Crippen LogP contribution in [-0.4, -0.2) is 42.6 Å². The van der Waals surface area contributed by atoms with Gasteiger partial charge in [-0.25, -0.2) is 9.18 Å². The largest absolute Gasteiger partial charge is 0.446 e. The lowest BCUT2D eigenvalue weighted by Crippen LogP contribution is -2.50. The number of piperazine rings is 1. The fourth-order valence-corrected chi connectivity index (χ4v) is 3.30. The van der Waals surface area contributed by atoms with Gasteiger partial charge in [0.25, 0.3) is 0 Å². The maximum atomic E-state index is 13.0. The van der Waals surface area contributed by atoms with Crippen LogP contribution in [0.5, 0.6) is 0 Å². The standard InChI is InChI=1S/C18H17F4N3OS/c19-13-1-5-15(6-2-13)24-9-11-25(12-10-24)17(26)23-14-3-7-16(8-4-14)27-18(20,21)22/h1-8H,9-12H2,(H,23,26). The molecule has 0 spiro atoms. The molecule has 0 bridgehead atoms. The van der Waals surface area contributed by atoms with E-state index in [4.69, 9.17) is 0 Å². The SMILES string of the molecule is O=C(Nc1ccc(SC(F)(F)F)cc1)N1CCN(c2ccc(F)cc2)CC1. The fraction of sp³-hybridized carbons (Fsp3) is 0.278. The molecule has 27 heavy (non-hydrogen) atoms. The number of hydrogen-bond donors (Lipinski definition) is 1. The highest BCUT2D eigenvalue weighted by Gasteiger charge is 2.29. The van der Waals surface area contributed by atoms with Gasteiger partial charge in [0.05, 0.1) is 0 Å². The molecule has 0 aliphatic carbocycles. The van der Waals surface area contributed by atoms with Gasteiger partial charge in [-0.05, 0) is 60.3 Å². The van der Waals surface area contributed by atoms with Crippen molar-refractivity contribution in [3.63, 3.8) is 0 Å². The molecule has 0 atom stereocenters. The Balaban J connectivity index is 1.51. The quantitative estimate of drug-likeness (QED) is 0.595. The summed E-state index contributed by atoms with van der Waals surface area (Å²) in [6.07, 6.45) is 0. The van der Waals surface area contributed by atoms with Gasteiger partial charge in [-0.1, -0.05) is 0 Å². The zero-order valence-electron chi connectivity index (χ0n) is 14.2. The smallest absolute Gasteiger partial charge is 0.368 e. The van der Waals surface area contributed by atoms with E-state index in [9.17, 15) is 22.4 Å². The van der Waals surface area contributed by atoms with Crippen LogP contribution in [0.25, 0.3) is 0 Å². The molecule has 1 N–H and O–H groups in total. The minimum Gasteiger partial charge on any atom is -0.368 e. The van der Waals surface area contributed by atoms with Gasteiger partial charge in [-0.15, -0.1) is 0 Å². The Morgan fingerprint density at radius 2 is 1.52 bits per heavy atom. The third kappa shape index (κ3) is 5.53. The molecule has 0 saturated carbocycles. The van der Waals surface area contributed by atoms with E-state index in [1.54, 1.807) is 17.0 Å². The lowest BCUT2D eigenvalue weighted by molar-refractivity contribution is -0.0328. The monoisotopic (exact) mass is 399 g/mol. The molecular formula is C18H17F4N3OS. The Bertz CT molecular complexity index is 773. The number of nitrogens with zero attached hydrogens (tertiary/aromatic N) is 2. The Labute approximate surface area is 158 Å². The molecule has 1 heterocycles. The zero-order valence-corrected chi connectivity index (χ0v) is 15.0. The summed E-state index contributed by atoms with van der Waals surface area (Å²) in [5, 5.41) is 2.69. The van der Waals surface area contributed by atoms with E-state index in [0.717, 1.165) is 5.69 Å². The highest BCUT2D eigenvalue weighted by atomic mass is 32.2. The average molecular weight is 399 g/mol. The molecule has 2 aromatic rings. The van der Waals surface area contributed by atoms with E-state index in [0.29, 0.717) is 31.9 Å². The number of thioether (sulfide) groups is 1. The molecule has 0 aromatic heterocycles. The number of carbonyl (C=O) groups is 1. The molecule has 1 fully saturated rings. The minimum absolute atomic E-state index is 0.0633. The molecular weight excluding hydrogens is 382 g/mol. The number of alkyl halides is 3. The van der Waals surface area contributed by atoms with Crippen molar-refractivity contribution in [2.75, 3.05) is 36.4 Å². The lowest BCUT2D eigenvalue weighted by Gasteiger charge is -2.36. The first-order chi connectivity index (χ1) is 12.8. The van der Waals surface area contributed by atoms with Crippen molar-refractivity contribution >= 4 is 29.2 Å². The topological polar surface area (TPSA) is 35.6 Å². The van der Waals surface area contributed by atoms with Crippen molar-refractivity contribution in [1.82, 2.24) is 4.90 Å². The molecule has 144 valence electrons. The molecule has 2 aromatic carbocycles. The summed E-state index contributed by atoms with van der Waals surface area (Å²) in [6, 6.07) is 11.4. The molecule has 4 nitrogen and oxygen atoms in total. The van der Waals surface area contributed by atoms with Crippen LogP contribution in [-0.2, 0) is 0 Å². The number of amides is 2. The molecule has 9 heteroatoms. The van der Waals surface area contributed by atoms with Gasteiger partial charge in [-0.3, -0.25) is 0 Å². The third-order valence-electron chi connectivity index (χ3n) is 4.10. The Hall–Kier alpha value is -2.42. The zero-order chi connectivity index (χ0) is 19.4. The number of rotatable bonds is 3. The van der Waals surface area contributed by atoms with Crippen LogP contribution in [0, 0.1) is 5.82 Å². The van der Waals surface area contributed by atoms with Crippen LogP contribution < -0.4 is 10.2 Å². The summed E-state index contributed by atoms with van der Waals surface area (Å²) in [5.41, 5.74) is -3.00. The highest BCUT2D eigenvalue weighted by Crippen LogP contribution is 2.37. The summed E-state index contributed by atoms with van der Waals surface area (Å²) in [7, 11) is 0. The van der Waals surface area contributed by atoms with Crippen molar-refractivity contribution in [3.8, 4) is 0 Å². The van der Waals surface area contributed by atoms with Crippen molar-refractivity contribution in [2.24, 2.45) is 0 Å². The molecule has 0 radical (unpaired) electrons. The fourth-order valence-electron chi connectivity index (χ4n) is 2.76. The molecule has 1 saturated heterocycles. The van der Waals surface area contributed by atoms with Crippen molar-refractivity contribution in [2.45, 2.75) is 10.4 Å². The molecule has 1 aliphatic rings. The van der Waals surface area contributed by atoms with Gasteiger partial charge in [0.1, 0.15) is 5.82 Å². The summed E-state index contributed by atoms with van der Waals surface area (Å²) in [5.74, 6) is -0.295. The van der Waals surface area contributed by atoms with Crippen LogP contribution in [0.4, 0.5) is 33.7 Å². The highest BCUT2D eigenvalue weighted by molar-refractivity contribution is 8.00. The summed E-state index contributed by atoms with van der Waals surface area (Å²) in [6.45, 7) is 2.21. The van der Waals surface area contributed by atoms with E-state index in [-0.39, 0.29) is 28.5 Å². The van der Waals surface area contributed by atoms with Crippen LogP contribution >= 0.6 is 11.8 Å². The van der Waals surface area contributed by atoms with E-state index >= 15 is 0 Å². The van der Waals surface area contributed by atoms with Gasteiger partial charge in [0, 0.05) is 42.4 Å². The molecule has 2 amide bonds. The first kappa shape index (κ1) is 19.3. The van der Waals surface area contributed by atoms with E-state index in [2.05, 4.69) is 10.2 Å².